The van der Waals surface area contributed by atoms with Gasteiger partial charge in [0.05, 0.1) is 26.5 Å². The second-order valence-corrected chi connectivity index (χ2v) is 11.3. The first-order valence-electron chi connectivity index (χ1n) is 13.1. The molecule has 1 fully saturated rings. The number of amides is 2. The fraction of sp³-hybridized carbons (Fsp3) is 0.333. The third-order valence-corrected chi connectivity index (χ3v) is 7.36. The number of imide groups is 1. The third kappa shape index (κ3) is 7.52. The summed E-state index contributed by atoms with van der Waals surface area (Å²) < 4.78 is 46.3. The number of rotatable bonds is 13. The zero-order chi connectivity index (χ0) is 30.3. The van der Waals surface area contributed by atoms with E-state index in [2.05, 4.69) is 0 Å². The Hall–Kier alpha value is -3.81. The zero-order valence-corrected chi connectivity index (χ0v) is 24.7. The van der Waals surface area contributed by atoms with Gasteiger partial charge in [-0.05, 0) is 47.4 Å². The van der Waals surface area contributed by atoms with E-state index >= 15 is 0 Å². The molecule has 0 aliphatic carbocycles. The summed E-state index contributed by atoms with van der Waals surface area (Å²) in [6.45, 7) is -0.261. The molecule has 0 aromatic heterocycles. The number of hydrogen-bond acceptors (Lipinski definition) is 10. The van der Waals surface area contributed by atoms with Crippen LogP contribution in [0.3, 0.4) is 0 Å². The van der Waals surface area contributed by atoms with E-state index in [4.69, 9.17) is 23.2 Å². The SMILES string of the molecule is COCON1C(=O)C(Cc2ccccc2)N(Cc2ccc(OC)cc2)C(C(OS(C)(=O)=O)c2ccc(OC)cc2)C1=O. The minimum atomic E-state index is -4.09. The molecule has 42 heavy (non-hydrogen) atoms. The number of nitrogens with zero attached hydrogens (tertiary/aromatic N) is 2. The van der Waals surface area contributed by atoms with Crippen LogP contribution in [0.15, 0.2) is 78.9 Å². The average Bonchev–Trinajstić information content (AvgIpc) is 2.99. The predicted molar refractivity (Wildman–Crippen MR) is 153 cm³/mol. The number of benzene rings is 3. The Morgan fingerprint density at radius 3 is 1.93 bits per heavy atom. The first-order valence-corrected chi connectivity index (χ1v) is 14.9. The van der Waals surface area contributed by atoms with E-state index in [9.17, 15) is 18.0 Å². The van der Waals surface area contributed by atoms with Crippen molar-refractivity contribution in [2.24, 2.45) is 0 Å². The molecule has 12 heteroatoms. The van der Waals surface area contributed by atoms with Gasteiger partial charge in [-0.1, -0.05) is 54.6 Å². The largest absolute Gasteiger partial charge is 0.497 e. The number of piperazine rings is 1. The van der Waals surface area contributed by atoms with Gasteiger partial charge in [-0.2, -0.15) is 8.42 Å². The summed E-state index contributed by atoms with van der Waals surface area (Å²) in [5, 5.41) is 0.661. The van der Waals surface area contributed by atoms with Crippen LogP contribution >= 0.6 is 0 Å². The lowest BCUT2D eigenvalue weighted by Crippen LogP contribution is -2.66. The standard InChI is InChI=1S/C30H34N2O9S/c1-37-20-40-32-29(33)26(18-21-8-6-5-7-9-21)31(19-22-10-14-24(38-2)15-11-22)27(30(32)34)28(41-42(4,35)36)23-12-16-25(39-3)17-13-23/h5-17,26-28H,18-20H2,1-4H3. The Morgan fingerprint density at radius 1 is 0.786 bits per heavy atom. The average molecular weight is 599 g/mol. The van der Waals surface area contributed by atoms with Crippen LogP contribution in [0.25, 0.3) is 0 Å². The summed E-state index contributed by atoms with van der Waals surface area (Å²) >= 11 is 0. The Kier molecular flexibility index (Phi) is 10.3. The molecule has 3 atom stereocenters. The van der Waals surface area contributed by atoms with Gasteiger partial charge in [0.2, 0.25) is 0 Å². The first kappa shape index (κ1) is 31.1. The van der Waals surface area contributed by atoms with Crippen LogP contribution < -0.4 is 9.47 Å². The van der Waals surface area contributed by atoms with Crippen molar-refractivity contribution >= 4 is 21.9 Å². The van der Waals surface area contributed by atoms with Gasteiger partial charge in [0.25, 0.3) is 21.9 Å². The first-order chi connectivity index (χ1) is 20.1. The summed E-state index contributed by atoms with van der Waals surface area (Å²) in [5.74, 6) is -0.237. The number of carbonyl (C=O) groups is 2. The maximum atomic E-state index is 14.1. The number of methoxy groups -OCH3 is 3. The molecule has 0 radical (unpaired) electrons. The van der Waals surface area contributed by atoms with E-state index in [1.165, 1.54) is 14.2 Å². The molecule has 1 heterocycles. The molecule has 3 aromatic rings. The lowest BCUT2D eigenvalue weighted by atomic mass is 9.92. The molecule has 224 valence electrons. The van der Waals surface area contributed by atoms with Crippen molar-refractivity contribution in [3.8, 4) is 11.5 Å². The smallest absolute Gasteiger partial charge is 0.274 e. The van der Waals surface area contributed by atoms with Crippen molar-refractivity contribution < 1.29 is 41.2 Å². The Labute approximate surface area is 245 Å². The molecule has 0 N–H and O–H groups in total. The van der Waals surface area contributed by atoms with Crippen LogP contribution in [0.1, 0.15) is 22.8 Å². The van der Waals surface area contributed by atoms with Crippen molar-refractivity contribution in [3.63, 3.8) is 0 Å². The van der Waals surface area contributed by atoms with Gasteiger partial charge in [0, 0.05) is 13.7 Å². The van der Waals surface area contributed by atoms with E-state index in [-0.39, 0.29) is 19.8 Å². The molecular formula is C30H34N2O9S. The van der Waals surface area contributed by atoms with E-state index in [1.807, 2.05) is 42.5 Å². The summed E-state index contributed by atoms with van der Waals surface area (Å²) in [5.41, 5.74) is 1.98. The lowest BCUT2D eigenvalue weighted by molar-refractivity contribution is -0.237. The number of carbonyl (C=O) groups excluding carboxylic acids is 2. The van der Waals surface area contributed by atoms with Crippen molar-refractivity contribution in [1.82, 2.24) is 9.96 Å². The van der Waals surface area contributed by atoms with Crippen LogP contribution in [0.5, 0.6) is 11.5 Å². The van der Waals surface area contributed by atoms with Gasteiger partial charge >= 0.3 is 0 Å². The van der Waals surface area contributed by atoms with Crippen molar-refractivity contribution in [3.05, 3.63) is 95.6 Å². The molecule has 1 saturated heterocycles. The van der Waals surface area contributed by atoms with Gasteiger partial charge in [-0.3, -0.25) is 18.7 Å². The molecule has 3 unspecified atom stereocenters. The van der Waals surface area contributed by atoms with Crippen LogP contribution in [0.2, 0.25) is 0 Å². The summed E-state index contributed by atoms with van der Waals surface area (Å²) in [6.07, 6.45) is -0.214. The third-order valence-electron chi connectivity index (χ3n) is 6.80. The van der Waals surface area contributed by atoms with Gasteiger partial charge in [0.15, 0.2) is 6.79 Å². The lowest BCUT2D eigenvalue weighted by Gasteiger charge is -2.46. The highest BCUT2D eigenvalue weighted by molar-refractivity contribution is 7.86. The molecule has 4 rings (SSSR count). The number of hydrogen-bond donors (Lipinski definition) is 0. The zero-order valence-electron chi connectivity index (χ0n) is 23.8. The molecular weight excluding hydrogens is 564 g/mol. The van der Waals surface area contributed by atoms with E-state index < -0.39 is 40.1 Å². The topological polar surface area (TPSA) is 121 Å². The highest BCUT2D eigenvalue weighted by atomic mass is 32.2. The molecule has 3 aromatic carbocycles. The van der Waals surface area contributed by atoms with E-state index in [0.717, 1.165) is 17.4 Å². The second kappa shape index (κ2) is 13.9. The fourth-order valence-electron chi connectivity index (χ4n) is 4.84. The fourth-order valence-corrected chi connectivity index (χ4v) is 5.44. The molecule has 0 saturated carbocycles. The van der Waals surface area contributed by atoms with Gasteiger partial charge in [0.1, 0.15) is 23.6 Å². The minimum Gasteiger partial charge on any atom is -0.497 e. The Bertz CT molecular complexity index is 1450. The van der Waals surface area contributed by atoms with Crippen molar-refractivity contribution in [1.29, 1.82) is 0 Å². The Morgan fingerprint density at radius 2 is 1.38 bits per heavy atom. The highest BCUT2D eigenvalue weighted by Gasteiger charge is 2.52. The molecule has 0 spiro atoms. The van der Waals surface area contributed by atoms with Crippen molar-refractivity contribution in [2.75, 3.05) is 34.4 Å². The summed E-state index contributed by atoms with van der Waals surface area (Å²) in [4.78, 5) is 35.2. The predicted octanol–water partition coefficient (Wildman–Crippen LogP) is 3.11. The molecule has 11 nitrogen and oxygen atoms in total. The van der Waals surface area contributed by atoms with E-state index in [0.29, 0.717) is 22.1 Å². The molecule has 1 aliphatic rings. The van der Waals surface area contributed by atoms with Crippen LogP contribution in [0.4, 0.5) is 0 Å². The normalized spacial score (nSPS) is 18.6. The van der Waals surface area contributed by atoms with Crippen LogP contribution in [-0.2, 0) is 46.4 Å². The molecule has 1 aliphatic heterocycles. The van der Waals surface area contributed by atoms with Gasteiger partial charge in [-0.25, -0.2) is 4.84 Å². The second-order valence-electron chi connectivity index (χ2n) is 9.67. The minimum absolute atomic E-state index is 0.113. The van der Waals surface area contributed by atoms with Crippen LogP contribution in [-0.4, -0.2) is 76.7 Å². The summed E-state index contributed by atoms with van der Waals surface area (Å²) in [7, 11) is 0.337. The quantitative estimate of drug-likeness (QED) is 0.165. The van der Waals surface area contributed by atoms with Gasteiger partial charge < -0.3 is 14.2 Å². The van der Waals surface area contributed by atoms with E-state index in [1.54, 1.807) is 48.4 Å². The van der Waals surface area contributed by atoms with Crippen molar-refractivity contribution in [2.45, 2.75) is 31.2 Å². The summed E-state index contributed by atoms with van der Waals surface area (Å²) in [6, 6.07) is 20.8. The van der Waals surface area contributed by atoms with Gasteiger partial charge in [-0.15, -0.1) is 5.06 Å². The highest BCUT2D eigenvalue weighted by Crippen LogP contribution is 2.36. The molecule has 2 amide bonds. The van der Waals surface area contributed by atoms with Crippen LogP contribution in [0, 0.1) is 0 Å². The monoisotopic (exact) mass is 598 g/mol. The molecule has 0 bridgehead atoms. The maximum Gasteiger partial charge on any atom is 0.274 e. The number of ether oxygens (including phenoxy) is 3. The Balaban J connectivity index is 1.88. The number of hydroxylamine groups is 2. The maximum absolute atomic E-state index is 14.1.